The maximum atomic E-state index is 10.6. The molecule has 2 aliphatic heterocycles. The van der Waals surface area contributed by atoms with Crippen molar-refractivity contribution in [3.63, 3.8) is 0 Å². The van der Waals surface area contributed by atoms with Crippen LogP contribution < -0.4 is 10.1 Å². The molecule has 0 aromatic heterocycles. The molecule has 0 saturated carbocycles. The van der Waals surface area contributed by atoms with Gasteiger partial charge < -0.3 is 20.1 Å². The Bertz CT molecular complexity index is 443. The number of likely N-dealkylation sites (tertiary alicyclic amines) is 1. The second-order valence-corrected chi connectivity index (χ2v) is 4.45. The van der Waals surface area contributed by atoms with Crippen LogP contribution in [0.2, 0.25) is 0 Å². The quantitative estimate of drug-likeness (QED) is 0.803. The summed E-state index contributed by atoms with van der Waals surface area (Å²) in [6.07, 6.45) is -0.842. The number of hydrogen-bond donors (Lipinski definition) is 2. The first-order valence-electron chi connectivity index (χ1n) is 5.69. The Hall–Kier alpha value is -1.75. The molecule has 1 fully saturated rings. The van der Waals surface area contributed by atoms with Gasteiger partial charge in [-0.3, -0.25) is 0 Å². The third kappa shape index (κ3) is 1.82. The summed E-state index contributed by atoms with van der Waals surface area (Å²) < 4.78 is 5.56. The lowest BCUT2D eigenvalue weighted by Gasteiger charge is -2.38. The van der Waals surface area contributed by atoms with E-state index in [9.17, 15) is 4.79 Å². The predicted molar refractivity (Wildman–Crippen MR) is 61.2 cm³/mol. The maximum absolute atomic E-state index is 10.6. The SMILES string of the molecule is O=C(O)N1CC(NC2COc3ccccc32)C1. The Balaban J connectivity index is 1.60. The van der Waals surface area contributed by atoms with Crippen molar-refractivity contribution in [3.8, 4) is 5.75 Å². The van der Waals surface area contributed by atoms with Crippen molar-refractivity contribution in [1.29, 1.82) is 0 Å². The molecular formula is C12H14N2O3. The molecule has 0 aliphatic carbocycles. The van der Waals surface area contributed by atoms with Gasteiger partial charge in [0.2, 0.25) is 0 Å². The third-order valence-corrected chi connectivity index (χ3v) is 3.29. The monoisotopic (exact) mass is 234 g/mol. The topological polar surface area (TPSA) is 61.8 Å². The standard InChI is InChI=1S/C12H14N2O3/c15-12(16)14-5-8(6-14)13-10-7-17-11-4-2-1-3-9(10)11/h1-4,8,10,13H,5-7H2,(H,15,16). The number of para-hydroxylation sites is 1. The van der Waals surface area contributed by atoms with Crippen LogP contribution in [0.1, 0.15) is 11.6 Å². The van der Waals surface area contributed by atoms with E-state index in [1.54, 1.807) is 0 Å². The van der Waals surface area contributed by atoms with Crippen LogP contribution in [0.4, 0.5) is 4.79 Å². The van der Waals surface area contributed by atoms with Gasteiger partial charge in [0, 0.05) is 24.7 Å². The number of carboxylic acid groups (broad SMARTS) is 1. The number of amides is 1. The summed E-state index contributed by atoms with van der Waals surface area (Å²) in [5, 5.41) is 12.2. The van der Waals surface area contributed by atoms with Crippen molar-refractivity contribution in [1.82, 2.24) is 10.2 Å². The Morgan fingerprint density at radius 3 is 2.94 bits per heavy atom. The first kappa shape index (κ1) is 10.4. The molecule has 1 amide bonds. The molecule has 2 heterocycles. The highest BCUT2D eigenvalue weighted by molar-refractivity contribution is 5.66. The zero-order valence-corrected chi connectivity index (χ0v) is 9.30. The Morgan fingerprint density at radius 2 is 2.18 bits per heavy atom. The summed E-state index contributed by atoms with van der Waals surface area (Å²) in [4.78, 5) is 12.0. The summed E-state index contributed by atoms with van der Waals surface area (Å²) in [5.74, 6) is 0.930. The average Bonchev–Trinajstić information content (AvgIpc) is 2.65. The normalized spacial score (nSPS) is 22.8. The van der Waals surface area contributed by atoms with E-state index >= 15 is 0 Å². The average molecular weight is 234 g/mol. The fraction of sp³-hybridized carbons (Fsp3) is 0.417. The molecule has 0 radical (unpaired) electrons. The molecule has 90 valence electrons. The fourth-order valence-corrected chi connectivity index (χ4v) is 2.33. The van der Waals surface area contributed by atoms with Gasteiger partial charge in [-0.25, -0.2) is 4.79 Å². The summed E-state index contributed by atoms with van der Waals surface area (Å²) in [5.41, 5.74) is 1.17. The number of benzene rings is 1. The van der Waals surface area contributed by atoms with E-state index in [1.807, 2.05) is 24.3 Å². The summed E-state index contributed by atoms with van der Waals surface area (Å²) in [6, 6.07) is 8.39. The van der Waals surface area contributed by atoms with Crippen LogP contribution in [-0.4, -0.2) is 41.8 Å². The Kier molecular flexibility index (Phi) is 2.40. The highest BCUT2D eigenvalue weighted by Gasteiger charge is 2.34. The second kappa shape index (κ2) is 3.92. The Morgan fingerprint density at radius 1 is 1.41 bits per heavy atom. The van der Waals surface area contributed by atoms with Crippen LogP contribution in [0, 0.1) is 0 Å². The number of rotatable bonds is 2. The molecule has 1 aromatic rings. The van der Waals surface area contributed by atoms with Gasteiger partial charge in [-0.1, -0.05) is 18.2 Å². The second-order valence-electron chi connectivity index (χ2n) is 4.45. The van der Waals surface area contributed by atoms with Crippen LogP contribution >= 0.6 is 0 Å². The molecule has 5 nitrogen and oxygen atoms in total. The third-order valence-electron chi connectivity index (χ3n) is 3.29. The van der Waals surface area contributed by atoms with Gasteiger partial charge in [-0.15, -0.1) is 0 Å². The number of ether oxygens (including phenoxy) is 1. The van der Waals surface area contributed by atoms with E-state index in [4.69, 9.17) is 9.84 Å². The molecular weight excluding hydrogens is 220 g/mol. The molecule has 17 heavy (non-hydrogen) atoms. The maximum Gasteiger partial charge on any atom is 0.407 e. The van der Waals surface area contributed by atoms with Gasteiger partial charge in [0.1, 0.15) is 12.4 Å². The molecule has 0 spiro atoms. The lowest BCUT2D eigenvalue weighted by atomic mass is 10.0. The van der Waals surface area contributed by atoms with E-state index in [1.165, 1.54) is 10.5 Å². The molecule has 1 aromatic carbocycles. The molecule has 1 saturated heterocycles. The first-order valence-corrected chi connectivity index (χ1v) is 5.69. The van der Waals surface area contributed by atoms with Crippen LogP contribution in [0.15, 0.2) is 24.3 Å². The van der Waals surface area contributed by atoms with Crippen LogP contribution in [0.3, 0.4) is 0 Å². The number of hydrogen-bond acceptors (Lipinski definition) is 3. The van der Waals surface area contributed by atoms with Crippen LogP contribution in [-0.2, 0) is 0 Å². The smallest absolute Gasteiger partial charge is 0.407 e. The van der Waals surface area contributed by atoms with E-state index in [0.717, 1.165) is 5.75 Å². The minimum absolute atomic E-state index is 0.187. The van der Waals surface area contributed by atoms with Crippen molar-refractivity contribution < 1.29 is 14.6 Å². The van der Waals surface area contributed by atoms with E-state index in [-0.39, 0.29) is 12.1 Å². The summed E-state index contributed by atoms with van der Waals surface area (Å²) in [6.45, 7) is 1.75. The number of nitrogens with zero attached hydrogens (tertiary/aromatic N) is 1. The number of carbonyl (C=O) groups is 1. The van der Waals surface area contributed by atoms with Gasteiger partial charge in [-0.2, -0.15) is 0 Å². The summed E-state index contributed by atoms with van der Waals surface area (Å²) in [7, 11) is 0. The molecule has 1 atom stereocenters. The number of nitrogens with one attached hydrogen (secondary N) is 1. The zero-order valence-electron chi connectivity index (χ0n) is 9.30. The molecule has 2 N–H and O–H groups in total. The van der Waals surface area contributed by atoms with Crippen molar-refractivity contribution >= 4 is 6.09 Å². The minimum Gasteiger partial charge on any atom is -0.491 e. The first-order chi connectivity index (χ1) is 8.24. The van der Waals surface area contributed by atoms with E-state index in [0.29, 0.717) is 19.7 Å². The predicted octanol–water partition coefficient (Wildman–Crippen LogP) is 1.07. The lowest BCUT2D eigenvalue weighted by Crippen LogP contribution is -2.60. The highest BCUT2D eigenvalue weighted by atomic mass is 16.5. The lowest BCUT2D eigenvalue weighted by molar-refractivity contribution is 0.0904. The molecule has 0 bridgehead atoms. The van der Waals surface area contributed by atoms with Gasteiger partial charge in [0.05, 0.1) is 6.04 Å². The van der Waals surface area contributed by atoms with E-state index in [2.05, 4.69) is 5.32 Å². The largest absolute Gasteiger partial charge is 0.491 e. The van der Waals surface area contributed by atoms with Crippen molar-refractivity contribution in [2.75, 3.05) is 19.7 Å². The zero-order chi connectivity index (χ0) is 11.8. The fourth-order valence-electron chi connectivity index (χ4n) is 2.33. The molecule has 1 unspecified atom stereocenters. The van der Waals surface area contributed by atoms with Crippen LogP contribution in [0.5, 0.6) is 5.75 Å². The molecule has 3 rings (SSSR count). The van der Waals surface area contributed by atoms with E-state index < -0.39 is 6.09 Å². The minimum atomic E-state index is -0.842. The van der Waals surface area contributed by atoms with Crippen molar-refractivity contribution in [2.24, 2.45) is 0 Å². The summed E-state index contributed by atoms with van der Waals surface area (Å²) >= 11 is 0. The highest BCUT2D eigenvalue weighted by Crippen LogP contribution is 2.32. The Labute approximate surface area is 99.0 Å². The molecule has 5 heteroatoms. The van der Waals surface area contributed by atoms with Crippen molar-refractivity contribution in [2.45, 2.75) is 12.1 Å². The van der Waals surface area contributed by atoms with Crippen molar-refractivity contribution in [3.05, 3.63) is 29.8 Å². The van der Waals surface area contributed by atoms with Gasteiger partial charge in [0.15, 0.2) is 0 Å². The van der Waals surface area contributed by atoms with Crippen LogP contribution in [0.25, 0.3) is 0 Å². The number of fused-ring (bicyclic) bond motifs is 1. The van der Waals surface area contributed by atoms with Gasteiger partial charge in [-0.05, 0) is 6.07 Å². The van der Waals surface area contributed by atoms with Gasteiger partial charge >= 0.3 is 6.09 Å². The van der Waals surface area contributed by atoms with Gasteiger partial charge in [0.25, 0.3) is 0 Å². The molecule has 2 aliphatic rings.